The van der Waals surface area contributed by atoms with Gasteiger partial charge in [-0.05, 0) is 98.8 Å². The lowest BCUT2D eigenvalue weighted by molar-refractivity contribution is 0.432. The molecule has 292 valence electrons. The second-order valence-corrected chi connectivity index (χ2v) is 16.3. The smallest absolute Gasteiger partial charge is 0.160 e. The Hall–Kier alpha value is -7.88. The summed E-state index contributed by atoms with van der Waals surface area (Å²) in [6.07, 6.45) is 6.72. The van der Waals surface area contributed by atoms with Gasteiger partial charge in [-0.15, -0.1) is 0 Å². The van der Waals surface area contributed by atoms with Gasteiger partial charge in [-0.2, -0.15) is 0 Å². The van der Waals surface area contributed by atoms with Crippen LogP contribution in [0, 0.1) is 0 Å². The van der Waals surface area contributed by atoms with E-state index >= 15 is 0 Å². The van der Waals surface area contributed by atoms with Gasteiger partial charge in [-0.1, -0.05) is 188 Å². The predicted molar refractivity (Wildman–Crippen MR) is 253 cm³/mol. The molecule has 0 fully saturated rings. The summed E-state index contributed by atoms with van der Waals surface area (Å²) in [7, 11) is 0. The molecule has 0 N–H and O–H groups in total. The van der Waals surface area contributed by atoms with Crippen LogP contribution in [-0.2, 0) is 5.41 Å². The van der Waals surface area contributed by atoms with Crippen LogP contribution < -0.4 is 4.74 Å². The van der Waals surface area contributed by atoms with Crippen LogP contribution in [0.5, 0.6) is 11.5 Å². The fourth-order valence-corrected chi connectivity index (χ4v) is 10.1. The second kappa shape index (κ2) is 14.7. The molecular formula is C59H40N2O. The Morgan fingerprint density at radius 2 is 0.952 bits per heavy atom. The molecule has 1 unspecified atom stereocenters. The van der Waals surface area contributed by atoms with Crippen LogP contribution in [0.2, 0.25) is 0 Å². The number of rotatable bonds is 6. The topological polar surface area (TPSA) is 35.0 Å². The fraction of sp³-hybridized carbons (Fsp3) is 0.0508. The first-order valence-corrected chi connectivity index (χ1v) is 21.4. The standard InChI is InChI=1S/C59H40N2O/c1-3-17-39(18-4-1)46-25-7-8-28-49(46)55-38-54(60-58(61-55)40-19-5-2-6-20-40)45-24-16-23-43(36-45)41-21-15-22-42(35-41)44-33-34-53-57(37-44)62-56-32-14-13-31-52(56)59(53)50-29-11-9-26-47(50)48-27-10-12-30-51(48)59/h1-11,13-29,31-38H,12,30H2. The highest BCUT2D eigenvalue weighted by Gasteiger charge is 2.51. The summed E-state index contributed by atoms with van der Waals surface area (Å²) in [5.74, 6) is 2.53. The van der Waals surface area contributed by atoms with E-state index in [9.17, 15) is 0 Å². The van der Waals surface area contributed by atoms with Crippen LogP contribution in [0.4, 0.5) is 0 Å². The van der Waals surface area contributed by atoms with Crippen LogP contribution in [-0.4, -0.2) is 9.97 Å². The van der Waals surface area contributed by atoms with Gasteiger partial charge in [-0.3, -0.25) is 0 Å². The van der Waals surface area contributed by atoms with Crippen molar-refractivity contribution < 1.29 is 4.74 Å². The summed E-state index contributed by atoms with van der Waals surface area (Å²) in [6, 6.07) is 73.4. The largest absolute Gasteiger partial charge is 0.457 e. The molecule has 0 saturated carbocycles. The summed E-state index contributed by atoms with van der Waals surface area (Å²) in [6.45, 7) is 0. The van der Waals surface area contributed by atoms with Gasteiger partial charge in [0.1, 0.15) is 11.5 Å². The molecule has 2 aliphatic carbocycles. The second-order valence-electron chi connectivity index (χ2n) is 16.3. The van der Waals surface area contributed by atoms with Crippen LogP contribution in [0.1, 0.15) is 35.1 Å². The van der Waals surface area contributed by atoms with Crippen LogP contribution in [0.3, 0.4) is 0 Å². The lowest BCUT2D eigenvalue weighted by atomic mass is 9.64. The van der Waals surface area contributed by atoms with E-state index in [2.05, 4.69) is 200 Å². The first-order valence-electron chi connectivity index (χ1n) is 21.4. The zero-order valence-corrected chi connectivity index (χ0v) is 34.0. The predicted octanol–water partition coefficient (Wildman–Crippen LogP) is 15.0. The summed E-state index contributed by atoms with van der Waals surface area (Å²) in [5.41, 5.74) is 19.1. The van der Waals surface area contributed by atoms with Crippen molar-refractivity contribution in [2.45, 2.75) is 18.3 Å². The molecule has 1 atom stereocenters. The average Bonchev–Trinajstić information content (AvgIpc) is 3.65. The molecule has 1 spiro atoms. The molecule has 8 aromatic carbocycles. The third-order valence-corrected chi connectivity index (χ3v) is 12.9. The first-order chi connectivity index (χ1) is 30.7. The summed E-state index contributed by atoms with van der Waals surface area (Å²) >= 11 is 0. The van der Waals surface area contributed by atoms with Crippen molar-refractivity contribution in [1.29, 1.82) is 0 Å². The Kier molecular flexibility index (Phi) is 8.53. The van der Waals surface area contributed by atoms with Crippen molar-refractivity contribution in [3.63, 3.8) is 0 Å². The summed E-state index contributed by atoms with van der Waals surface area (Å²) < 4.78 is 6.86. The van der Waals surface area contributed by atoms with Gasteiger partial charge in [0.2, 0.25) is 0 Å². The van der Waals surface area contributed by atoms with Gasteiger partial charge >= 0.3 is 0 Å². The highest BCUT2D eigenvalue weighted by atomic mass is 16.5. The minimum absolute atomic E-state index is 0.396. The van der Waals surface area contributed by atoms with Crippen molar-refractivity contribution in [3.05, 3.63) is 246 Å². The third-order valence-electron chi connectivity index (χ3n) is 12.9. The molecule has 3 heteroatoms. The highest BCUT2D eigenvalue weighted by Crippen LogP contribution is 2.63. The minimum Gasteiger partial charge on any atom is -0.457 e. The van der Waals surface area contributed by atoms with E-state index in [4.69, 9.17) is 14.7 Å². The maximum atomic E-state index is 6.86. The van der Waals surface area contributed by atoms with E-state index in [0.717, 1.165) is 85.8 Å². The molecule has 3 aliphatic rings. The van der Waals surface area contributed by atoms with E-state index in [1.807, 2.05) is 18.2 Å². The molecule has 2 heterocycles. The monoisotopic (exact) mass is 792 g/mol. The fourth-order valence-electron chi connectivity index (χ4n) is 10.1. The number of benzene rings is 8. The van der Waals surface area contributed by atoms with E-state index in [1.54, 1.807) is 0 Å². The van der Waals surface area contributed by atoms with Gasteiger partial charge < -0.3 is 4.74 Å². The molecular weight excluding hydrogens is 753 g/mol. The van der Waals surface area contributed by atoms with E-state index in [1.165, 1.54) is 33.4 Å². The molecule has 9 aromatic rings. The van der Waals surface area contributed by atoms with E-state index in [-0.39, 0.29) is 0 Å². The third kappa shape index (κ3) is 5.81. The van der Waals surface area contributed by atoms with Gasteiger partial charge in [0.25, 0.3) is 0 Å². The minimum atomic E-state index is -0.396. The zero-order valence-electron chi connectivity index (χ0n) is 34.0. The molecule has 0 saturated heterocycles. The molecule has 3 nitrogen and oxygen atoms in total. The Labute approximate surface area is 362 Å². The Morgan fingerprint density at radius 1 is 0.387 bits per heavy atom. The molecule has 0 radical (unpaired) electrons. The summed E-state index contributed by atoms with van der Waals surface area (Å²) in [5, 5.41) is 0. The Morgan fingerprint density at radius 3 is 1.73 bits per heavy atom. The maximum absolute atomic E-state index is 6.86. The Bertz CT molecular complexity index is 3270. The zero-order chi connectivity index (χ0) is 41.0. The number of aromatic nitrogens is 2. The number of fused-ring (bicyclic) bond motifs is 8. The molecule has 62 heavy (non-hydrogen) atoms. The summed E-state index contributed by atoms with van der Waals surface area (Å²) in [4.78, 5) is 10.4. The van der Waals surface area contributed by atoms with Gasteiger partial charge in [-0.25, -0.2) is 9.97 Å². The van der Waals surface area contributed by atoms with Gasteiger partial charge in [0, 0.05) is 27.8 Å². The van der Waals surface area contributed by atoms with Crippen molar-refractivity contribution in [2.24, 2.45) is 0 Å². The number of allylic oxidation sites excluding steroid dienone is 4. The lowest BCUT2D eigenvalue weighted by Gasteiger charge is -2.41. The maximum Gasteiger partial charge on any atom is 0.160 e. The van der Waals surface area contributed by atoms with E-state index in [0.29, 0.717) is 5.82 Å². The normalized spacial score (nSPS) is 15.7. The Balaban J connectivity index is 0.944. The van der Waals surface area contributed by atoms with Crippen molar-refractivity contribution in [2.75, 3.05) is 0 Å². The number of ether oxygens (including phenoxy) is 1. The molecule has 1 aromatic heterocycles. The van der Waals surface area contributed by atoms with Crippen molar-refractivity contribution in [3.8, 4) is 78.8 Å². The highest BCUT2D eigenvalue weighted by molar-refractivity contribution is 5.93. The molecule has 1 aliphatic heterocycles. The van der Waals surface area contributed by atoms with E-state index < -0.39 is 5.41 Å². The number of hydrogen-bond donors (Lipinski definition) is 0. The number of para-hydroxylation sites is 1. The van der Waals surface area contributed by atoms with Crippen molar-refractivity contribution in [1.82, 2.24) is 9.97 Å². The van der Waals surface area contributed by atoms with Gasteiger partial charge in [0.05, 0.1) is 16.8 Å². The van der Waals surface area contributed by atoms with Crippen LogP contribution in [0.15, 0.2) is 224 Å². The molecule has 0 bridgehead atoms. The quantitative estimate of drug-likeness (QED) is 0.168. The van der Waals surface area contributed by atoms with Crippen molar-refractivity contribution >= 4 is 5.57 Å². The van der Waals surface area contributed by atoms with Crippen LogP contribution >= 0.6 is 0 Å². The first kappa shape index (κ1) is 36.0. The van der Waals surface area contributed by atoms with Crippen LogP contribution in [0.25, 0.3) is 72.9 Å². The number of nitrogens with zero attached hydrogens (tertiary/aromatic N) is 2. The molecule has 0 amide bonds. The molecule has 12 rings (SSSR count). The van der Waals surface area contributed by atoms with Gasteiger partial charge in [0.15, 0.2) is 5.82 Å². The SMILES string of the molecule is C1=CC2=C(CC1)C1(c3ccccc3Oc3cc(-c4cccc(-c5cccc(-c6cc(-c7ccccc7-c7ccccc7)nc(-c7ccccc7)n6)c5)c4)ccc31)c1ccccc12. The lowest BCUT2D eigenvalue weighted by Crippen LogP contribution is -2.33. The average molecular weight is 793 g/mol. The number of hydrogen-bond acceptors (Lipinski definition) is 3.